The van der Waals surface area contributed by atoms with Crippen LogP contribution in [0.3, 0.4) is 0 Å². The van der Waals surface area contributed by atoms with Crippen molar-refractivity contribution < 1.29 is 9.84 Å². The summed E-state index contributed by atoms with van der Waals surface area (Å²) >= 11 is 9.38. The fraction of sp³-hybridized carbons (Fsp3) is 0.200. The number of ether oxygens (including phenoxy) is 1. The highest BCUT2D eigenvalue weighted by Crippen LogP contribution is 2.28. The molecule has 100 valence electrons. The Labute approximate surface area is 126 Å². The summed E-state index contributed by atoms with van der Waals surface area (Å²) in [6, 6.07) is 13.0. The lowest BCUT2D eigenvalue weighted by atomic mass is 10.0. The van der Waals surface area contributed by atoms with Crippen LogP contribution in [0.5, 0.6) is 5.75 Å². The number of aliphatic hydroxyl groups is 1. The molecular weight excluding hydrogens is 328 g/mol. The molecule has 0 aliphatic heterocycles. The van der Waals surface area contributed by atoms with Crippen LogP contribution < -0.4 is 4.74 Å². The molecule has 0 bridgehead atoms. The molecule has 4 heteroatoms. The maximum absolute atomic E-state index is 10.3. The van der Waals surface area contributed by atoms with Crippen LogP contribution in [0, 0.1) is 0 Å². The predicted octanol–water partition coefficient (Wildman–Crippen LogP) is 4.39. The van der Waals surface area contributed by atoms with Crippen molar-refractivity contribution in [2.45, 2.75) is 12.5 Å². The van der Waals surface area contributed by atoms with E-state index in [1.165, 1.54) is 0 Å². The van der Waals surface area contributed by atoms with Gasteiger partial charge in [0.2, 0.25) is 0 Å². The number of rotatable bonds is 4. The second-order valence-electron chi connectivity index (χ2n) is 4.23. The number of hydrogen-bond donors (Lipinski definition) is 1. The Morgan fingerprint density at radius 1 is 1.26 bits per heavy atom. The Hall–Kier alpha value is -1.03. The number of aliphatic hydroxyl groups excluding tert-OH is 1. The molecule has 0 saturated heterocycles. The summed E-state index contributed by atoms with van der Waals surface area (Å²) in [5.74, 6) is 0.735. The lowest BCUT2D eigenvalue weighted by Gasteiger charge is -2.14. The molecule has 2 rings (SSSR count). The van der Waals surface area contributed by atoms with E-state index in [2.05, 4.69) is 15.9 Å². The molecule has 2 aromatic carbocycles. The van der Waals surface area contributed by atoms with Crippen molar-refractivity contribution in [3.8, 4) is 5.75 Å². The van der Waals surface area contributed by atoms with Crippen LogP contribution in [-0.4, -0.2) is 12.2 Å². The summed E-state index contributed by atoms with van der Waals surface area (Å²) in [5, 5.41) is 10.9. The highest BCUT2D eigenvalue weighted by Gasteiger charge is 2.12. The molecule has 1 N–H and O–H groups in total. The summed E-state index contributed by atoms with van der Waals surface area (Å²) in [5.41, 5.74) is 1.75. The second-order valence-corrected chi connectivity index (χ2v) is 5.58. The van der Waals surface area contributed by atoms with Gasteiger partial charge >= 0.3 is 0 Å². The number of methoxy groups -OCH3 is 1. The fourth-order valence-corrected chi connectivity index (χ4v) is 2.56. The van der Waals surface area contributed by atoms with E-state index in [1.54, 1.807) is 13.2 Å². The number of halogens is 2. The zero-order valence-electron chi connectivity index (χ0n) is 10.4. The third kappa shape index (κ3) is 3.72. The van der Waals surface area contributed by atoms with Crippen molar-refractivity contribution >= 4 is 27.5 Å². The Balaban J connectivity index is 2.23. The van der Waals surface area contributed by atoms with Crippen molar-refractivity contribution in [3.05, 3.63) is 63.1 Å². The second kappa shape index (κ2) is 6.42. The maximum Gasteiger partial charge on any atom is 0.122 e. The molecule has 0 amide bonds. The summed E-state index contributed by atoms with van der Waals surface area (Å²) in [6.45, 7) is 0. The highest BCUT2D eigenvalue weighted by molar-refractivity contribution is 9.10. The Morgan fingerprint density at radius 3 is 2.74 bits per heavy atom. The molecule has 19 heavy (non-hydrogen) atoms. The third-order valence-corrected chi connectivity index (χ3v) is 3.62. The van der Waals surface area contributed by atoms with E-state index in [0.717, 1.165) is 21.3 Å². The predicted molar refractivity (Wildman–Crippen MR) is 80.8 cm³/mol. The summed E-state index contributed by atoms with van der Waals surface area (Å²) in [4.78, 5) is 0. The van der Waals surface area contributed by atoms with Crippen LogP contribution in [0.1, 0.15) is 17.2 Å². The van der Waals surface area contributed by atoms with Crippen LogP contribution in [0.2, 0.25) is 5.02 Å². The molecule has 2 nitrogen and oxygen atoms in total. The molecule has 1 unspecified atom stereocenters. The minimum Gasteiger partial charge on any atom is -0.496 e. The minimum atomic E-state index is -0.593. The van der Waals surface area contributed by atoms with Crippen LogP contribution in [-0.2, 0) is 6.42 Å². The van der Waals surface area contributed by atoms with Gasteiger partial charge in [-0.25, -0.2) is 0 Å². The lowest BCUT2D eigenvalue weighted by molar-refractivity contribution is 0.177. The van der Waals surface area contributed by atoms with Gasteiger partial charge in [-0.05, 0) is 41.5 Å². The van der Waals surface area contributed by atoms with Gasteiger partial charge in [-0.3, -0.25) is 0 Å². The molecule has 0 saturated carbocycles. The molecule has 0 aliphatic rings. The molecule has 0 aliphatic carbocycles. The molecule has 0 fully saturated rings. The van der Waals surface area contributed by atoms with Crippen molar-refractivity contribution in [1.29, 1.82) is 0 Å². The van der Waals surface area contributed by atoms with E-state index in [1.807, 2.05) is 36.4 Å². The lowest BCUT2D eigenvalue weighted by Crippen LogP contribution is -2.03. The quantitative estimate of drug-likeness (QED) is 0.894. The Kier molecular flexibility index (Phi) is 4.86. The van der Waals surface area contributed by atoms with Gasteiger partial charge in [-0.1, -0.05) is 39.7 Å². The first-order valence-electron chi connectivity index (χ1n) is 5.86. The first-order chi connectivity index (χ1) is 9.10. The molecule has 2 aromatic rings. The van der Waals surface area contributed by atoms with Gasteiger partial charge in [0.05, 0.1) is 13.2 Å². The van der Waals surface area contributed by atoms with E-state index >= 15 is 0 Å². The van der Waals surface area contributed by atoms with Gasteiger partial charge in [0.25, 0.3) is 0 Å². The fourth-order valence-electron chi connectivity index (χ4n) is 1.95. The van der Waals surface area contributed by atoms with Gasteiger partial charge in [-0.15, -0.1) is 0 Å². The van der Waals surface area contributed by atoms with Crippen molar-refractivity contribution in [1.82, 2.24) is 0 Å². The van der Waals surface area contributed by atoms with Crippen LogP contribution >= 0.6 is 27.5 Å². The normalized spacial score (nSPS) is 12.2. The Morgan fingerprint density at radius 2 is 2.05 bits per heavy atom. The first-order valence-corrected chi connectivity index (χ1v) is 7.03. The monoisotopic (exact) mass is 340 g/mol. The molecule has 0 radical (unpaired) electrons. The van der Waals surface area contributed by atoms with Gasteiger partial charge < -0.3 is 9.84 Å². The summed E-state index contributed by atoms with van der Waals surface area (Å²) in [7, 11) is 1.61. The van der Waals surface area contributed by atoms with Crippen molar-refractivity contribution in [3.63, 3.8) is 0 Å². The van der Waals surface area contributed by atoms with Crippen LogP contribution in [0.25, 0.3) is 0 Å². The van der Waals surface area contributed by atoms with Gasteiger partial charge in [0.15, 0.2) is 0 Å². The summed E-state index contributed by atoms with van der Waals surface area (Å²) in [6.07, 6.45) is -0.134. The van der Waals surface area contributed by atoms with Crippen LogP contribution in [0.15, 0.2) is 46.9 Å². The molecule has 0 spiro atoms. The zero-order valence-corrected chi connectivity index (χ0v) is 12.8. The van der Waals surface area contributed by atoms with Crippen LogP contribution in [0.4, 0.5) is 0 Å². The largest absolute Gasteiger partial charge is 0.496 e. The molecule has 1 atom stereocenters. The third-order valence-electron chi connectivity index (χ3n) is 2.89. The van der Waals surface area contributed by atoms with E-state index < -0.39 is 6.10 Å². The van der Waals surface area contributed by atoms with E-state index in [9.17, 15) is 5.11 Å². The molecule has 0 heterocycles. The highest BCUT2D eigenvalue weighted by atomic mass is 79.9. The average Bonchev–Trinajstić information content (AvgIpc) is 2.39. The maximum atomic E-state index is 10.3. The zero-order chi connectivity index (χ0) is 13.8. The smallest absolute Gasteiger partial charge is 0.122 e. The topological polar surface area (TPSA) is 29.5 Å². The van der Waals surface area contributed by atoms with Crippen molar-refractivity contribution in [2.24, 2.45) is 0 Å². The van der Waals surface area contributed by atoms with Gasteiger partial charge in [-0.2, -0.15) is 0 Å². The SMILES string of the molecule is COc1ccc(Cl)cc1CC(O)c1cccc(Br)c1. The minimum absolute atomic E-state index is 0.459. The van der Waals surface area contributed by atoms with Crippen molar-refractivity contribution in [2.75, 3.05) is 7.11 Å². The average molecular weight is 342 g/mol. The van der Waals surface area contributed by atoms with E-state index in [4.69, 9.17) is 16.3 Å². The summed E-state index contributed by atoms with van der Waals surface area (Å²) < 4.78 is 6.23. The van der Waals surface area contributed by atoms with Gasteiger partial charge in [0.1, 0.15) is 5.75 Å². The first kappa shape index (κ1) is 14.4. The molecular formula is C15H14BrClO2. The Bertz CT molecular complexity index is 572. The number of hydrogen-bond acceptors (Lipinski definition) is 2. The standard InChI is InChI=1S/C15H14BrClO2/c1-19-15-6-5-13(17)8-11(15)9-14(18)10-3-2-4-12(16)7-10/h2-8,14,18H,9H2,1H3. The van der Waals surface area contributed by atoms with E-state index in [0.29, 0.717) is 11.4 Å². The van der Waals surface area contributed by atoms with E-state index in [-0.39, 0.29) is 0 Å². The number of benzene rings is 2. The molecule has 0 aromatic heterocycles. The van der Waals surface area contributed by atoms with Gasteiger partial charge in [0, 0.05) is 15.9 Å².